The van der Waals surface area contributed by atoms with E-state index in [-0.39, 0.29) is 6.04 Å². The lowest BCUT2D eigenvalue weighted by atomic mass is 10.3. The van der Waals surface area contributed by atoms with Crippen molar-refractivity contribution in [2.24, 2.45) is 5.73 Å². The Morgan fingerprint density at radius 1 is 1.44 bits per heavy atom. The van der Waals surface area contributed by atoms with Gasteiger partial charge in [0.15, 0.2) is 5.82 Å². The maximum Gasteiger partial charge on any atom is 0.269 e. The van der Waals surface area contributed by atoms with Crippen LogP contribution in [0.5, 0.6) is 0 Å². The van der Waals surface area contributed by atoms with E-state index < -0.39 is 0 Å². The Labute approximate surface area is 109 Å². The number of aromatic nitrogens is 3. The minimum Gasteiger partial charge on any atom is -0.333 e. The van der Waals surface area contributed by atoms with Gasteiger partial charge in [-0.1, -0.05) is 5.16 Å². The van der Waals surface area contributed by atoms with Gasteiger partial charge >= 0.3 is 0 Å². The van der Waals surface area contributed by atoms with E-state index in [0.717, 1.165) is 24.5 Å². The highest BCUT2D eigenvalue weighted by Gasteiger charge is 2.20. The van der Waals surface area contributed by atoms with E-state index in [1.165, 1.54) is 24.2 Å². The van der Waals surface area contributed by atoms with Gasteiger partial charge in [0.25, 0.3) is 5.89 Å². The molecule has 0 spiro atoms. The van der Waals surface area contributed by atoms with Crippen LogP contribution in [0.25, 0.3) is 10.8 Å². The van der Waals surface area contributed by atoms with Gasteiger partial charge in [-0.3, -0.25) is 4.98 Å². The molecule has 0 radical (unpaired) electrons. The second-order valence-corrected chi connectivity index (χ2v) is 5.32. The van der Waals surface area contributed by atoms with Crippen LogP contribution in [0.1, 0.15) is 24.7 Å². The molecule has 6 nitrogen and oxygen atoms in total. The Bertz CT molecular complexity index is 491. The van der Waals surface area contributed by atoms with Gasteiger partial charge in [-0.25, -0.2) is 0 Å². The van der Waals surface area contributed by atoms with Crippen molar-refractivity contribution in [3.63, 3.8) is 0 Å². The zero-order chi connectivity index (χ0) is 12.4. The Morgan fingerprint density at radius 2 is 2.28 bits per heavy atom. The Kier molecular flexibility index (Phi) is 3.35. The molecule has 1 unspecified atom stereocenters. The number of thiazole rings is 1. The molecule has 18 heavy (non-hydrogen) atoms. The van der Waals surface area contributed by atoms with Crippen LogP contribution in [0.2, 0.25) is 0 Å². The standard InChI is InChI=1S/C11H15N5OS/c12-8(6-16-3-1-2-4-16)10-14-11(17-15-10)9-5-13-7-18-9/h5,7-8H,1-4,6,12H2. The molecule has 1 atom stereocenters. The van der Waals surface area contributed by atoms with E-state index in [9.17, 15) is 0 Å². The summed E-state index contributed by atoms with van der Waals surface area (Å²) in [5.41, 5.74) is 7.84. The Hall–Kier alpha value is -1.31. The molecule has 2 aromatic rings. The molecule has 96 valence electrons. The summed E-state index contributed by atoms with van der Waals surface area (Å²) in [6.45, 7) is 3.03. The summed E-state index contributed by atoms with van der Waals surface area (Å²) in [4.78, 5) is 11.5. The number of hydrogen-bond donors (Lipinski definition) is 1. The summed E-state index contributed by atoms with van der Waals surface area (Å²) in [5, 5.41) is 3.96. The fraction of sp³-hybridized carbons (Fsp3) is 0.545. The molecular weight excluding hydrogens is 250 g/mol. The van der Waals surface area contributed by atoms with E-state index in [0.29, 0.717) is 11.7 Å². The first kappa shape index (κ1) is 11.8. The zero-order valence-corrected chi connectivity index (χ0v) is 10.8. The van der Waals surface area contributed by atoms with Crippen molar-refractivity contribution in [3.8, 4) is 10.8 Å². The Balaban J connectivity index is 1.68. The molecule has 1 aliphatic rings. The van der Waals surface area contributed by atoms with Crippen LogP contribution in [0.15, 0.2) is 16.2 Å². The number of nitrogens with two attached hydrogens (primary N) is 1. The summed E-state index contributed by atoms with van der Waals surface area (Å²) in [5.74, 6) is 1.08. The van der Waals surface area contributed by atoms with Crippen LogP contribution in [-0.4, -0.2) is 39.7 Å². The summed E-state index contributed by atoms with van der Waals surface area (Å²) in [6, 6.07) is -0.187. The average molecular weight is 265 g/mol. The largest absolute Gasteiger partial charge is 0.333 e. The fourth-order valence-corrected chi connectivity index (χ4v) is 2.67. The molecule has 0 saturated carbocycles. The third-order valence-corrected chi connectivity index (χ3v) is 3.83. The van der Waals surface area contributed by atoms with Gasteiger partial charge in [0, 0.05) is 6.54 Å². The van der Waals surface area contributed by atoms with Crippen molar-refractivity contribution in [1.82, 2.24) is 20.0 Å². The highest BCUT2D eigenvalue weighted by Crippen LogP contribution is 2.22. The molecule has 7 heteroatoms. The average Bonchev–Trinajstić information content (AvgIpc) is 3.11. The van der Waals surface area contributed by atoms with Gasteiger partial charge in [0.05, 0.1) is 17.7 Å². The van der Waals surface area contributed by atoms with Gasteiger partial charge in [0.1, 0.15) is 4.88 Å². The molecule has 2 N–H and O–H groups in total. The van der Waals surface area contributed by atoms with Crippen molar-refractivity contribution >= 4 is 11.3 Å². The van der Waals surface area contributed by atoms with Crippen molar-refractivity contribution in [2.75, 3.05) is 19.6 Å². The lowest BCUT2D eigenvalue weighted by molar-refractivity contribution is 0.306. The van der Waals surface area contributed by atoms with Gasteiger partial charge in [-0.15, -0.1) is 11.3 Å². The minimum absolute atomic E-state index is 0.187. The normalized spacial score (nSPS) is 18.3. The van der Waals surface area contributed by atoms with Gasteiger partial charge in [-0.05, 0) is 25.9 Å². The predicted molar refractivity (Wildman–Crippen MR) is 68.0 cm³/mol. The van der Waals surface area contributed by atoms with Crippen molar-refractivity contribution in [1.29, 1.82) is 0 Å². The van der Waals surface area contributed by atoms with Crippen LogP contribution in [0, 0.1) is 0 Å². The van der Waals surface area contributed by atoms with Gasteiger partial charge in [-0.2, -0.15) is 4.98 Å². The minimum atomic E-state index is -0.187. The molecule has 3 heterocycles. The first-order valence-electron chi connectivity index (χ1n) is 6.03. The molecule has 0 bridgehead atoms. The lowest BCUT2D eigenvalue weighted by Crippen LogP contribution is -2.30. The van der Waals surface area contributed by atoms with E-state index in [2.05, 4.69) is 20.0 Å². The first-order valence-corrected chi connectivity index (χ1v) is 6.91. The van der Waals surface area contributed by atoms with E-state index in [1.54, 1.807) is 11.7 Å². The van der Waals surface area contributed by atoms with Crippen LogP contribution in [0.3, 0.4) is 0 Å². The van der Waals surface area contributed by atoms with E-state index in [1.807, 2.05) is 0 Å². The molecule has 1 aliphatic heterocycles. The molecule has 0 aromatic carbocycles. The summed E-state index contributed by atoms with van der Waals surface area (Å²) >= 11 is 1.48. The van der Waals surface area contributed by atoms with Crippen molar-refractivity contribution < 1.29 is 4.52 Å². The highest BCUT2D eigenvalue weighted by molar-refractivity contribution is 7.13. The topological polar surface area (TPSA) is 81.1 Å². The number of likely N-dealkylation sites (tertiary alicyclic amines) is 1. The van der Waals surface area contributed by atoms with Crippen LogP contribution in [-0.2, 0) is 0 Å². The predicted octanol–water partition coefficient (Wildman–Crippen LogP) is 1.29. The third-order valence-electron chi connectivity index (χ3n) is 3.07. The molecule has 1 saturated heterocycles. The van der Waals surface area contributed by atoms with Gasteiger partial charge in [0.2, 0.25) is 0 Å². The molecule has 0 aliphatic carbocycles. The SMILES string of the molecule is NC(CN1CCCC1)c1noc(-c2cncs2)n1. The zero-order valence-electron chi connectivity index (χ0n) is 9.95. The molecule has 2 aromatic heterocycles. The first-order chi connectivity index (χ1) is 8.83. The Morgan fingerprint density at radius 3 is 3.00 bits per heavy atom. The fourth-order valence-electron chi connectivity index (χ4n) is 2.13. The summed E-state index contributed by atoms with van der Waals surface area (Å²) in [7, 11) is 0. The summed E-state index contributed by atoms with van der Waals surface area (Å²) in [6.07, 6.45) is 4.23. The number of rotatable bonds is 4. The van der Waals surface area contributed by atoms with Crippen LogP contribution >= 0.6 is 11.3 Å². The number of hydrogen-bond acceptors (Lipinski definition) is 7. The molecule has 3 rings (SSSR count). The van der Waals surface area contributed by atoms with Crippen molar-refractivity contribution in [3.05, 3.63) is 17.5 Å². The summed E-state index contributed by atoms with van der Waals surface area (Å²) < 4.78 is 5.21. The smallest absolute Gasteiger partial charge is 0.269 e. The van der Waals surface area contributed by atoms with Crippen LogP contribution in [0.4, 0.5) is 0 Å². The lowest BCUT2D eigenvalue weighted by Gasteiger charge is -2.17. The van der Waals surface area contributed by atoms with Gasteiger partial charge < -0.3 is 15.2 Å². The second kappa shape index (κ2) is 5.13. The molecule has 1 fully saturated rings. The van der Waals surface area contributed by atoms with E-state index in [4.69, 9.17) is 10.3 Å². The van der Waals surface area contributed by atoms with E-state index >= 15 is 0 Å². The van der Waals surface area contributed by atoms with Crippen LogP contribution < -0.4 is 5.73 Å². The molecule has 0 amide bonds. The maximum absolute atomic E-state index is 6.10. The van der Waals surface area contributed by atoms with Crippen molar-refractivity contribution in [2.45, 2.75) is 18.9 Å². The third kappa shape index (κ3) is 2.43. The molecular formula is C11H15N5OS. The number of nitrogens with zero attached hydrogens (tertiary/aromatic N) is 4. The monoisotopic (exact) mass is 265 g/mol. The maximum atomic E-state index is 6.10. The quantitative estimate of drug-likeness (QED) is 0.897. The second-order valence-electron chi connectivity index (χ2n) is 4.44. The highest BCUT2D eigenvalue weighted by atomic mass is 32.1.